The fourth-order valence-electron chi connectivity index (χ4n) is 2.33. The lowest BCUT2D eigenvalue weighted by atomic mass is 9.98. The first-order valence-electron chi connectivity index (χ1n) is 7.87. The first kappa shape index (κ1) is 17.0. The van der Waals surface area contributed by atoms with Gasteiger partial charge < -0.3 is 4.74 Å². The van der Waals surface area contributed by atoms with Crippen LogP contribution in [0.1, 0.15) is 41.5 Å². The molecular weight excluding hydrogens is 246 g/mol. The van der Waals surface area contributed by atoms with Crippen molar-refractivity contribution in [3.05, 3.63) is 30.3 Å². The van der Waals surface area contributed by atoms with Crippen LogP contribution in [0.5, 0.6) is 5.75 Å². The molecule has 20 heavy (non-hydrogen) atoms. The quantitative estimate of drug-likeness (QED) is 0.696. The molecule has 2 heteroatoms. The summed E-state index contributed by atoms with van der Waals surface area (Å²) in [7, 11) is 0. The van der Waals surface area contributed by atoms with Gasteiger partial charge in [0.1, 0.15) is 12.4 Å². The maximum Gasteiger partial charge on any atom is 0.119 e. The number of ether oxygens (including phenoxy) is 1. The molecule has 0 amide bonds. The van der Waals surface area contributed by atoms with E-state index >= 15 is 0 Å². The Morgan fingerprint density at radius 3 is 1.80 bits per heavy atom. The second kappa shape index (κ2) is 8.31. The molecule has 0 bridgehead atoms. The maximum atomic E-state index is 5.85. The van der Waals surface area contributed by atoms with Crippen LogP contribution in [0.25, 0.3) is 0 Å². The van der Waals surface area contributed by atoms with Crippen molar-refractivity contribution >= 4 is 0 Å². The van der Waals surface area contributed by atoms with Crippen LogP contribution in [0.4, 0.5) is 0 Å². The number of rotatable bonds is 8. The van der Waals surface area contributed by atoms with Crippen LogP contribution >= 0.6 is 0 Å². The van der Waals surface area contributed by atoms with Crippen molar-refractivity contribution in [1.29, 1.82) is 0 Å². The van der Waals surface area contributed by atoms with E-state index in [2.05, 4.69) is 46.4 Å². The molecule has 114 valence electrons. The summed E-state index contributed by atoms with van der Waals surface area (Å²) < 4.78 is 5.85. The van der Waals surface area contributed by atoms with E-state index in [4.69, 9.17) is 4.74 Å². The van der Waals surface area contributed by atoms with Crippen molar-refractivity contribution < 1.29 is 4.74 Å². The van der Waals surface area contributed by atoms with Gasteiger partial charge in [0.05, 0.1) is 0 Å². The third kappa shape index (κ3) is 5.16. The monoisotopic (exact) mass is 277 g/mol. The van der Waals surface area contributed by atoms with E-state index in [1.807, 2.05) is 30.3 Å². The first-order chi connectivity index (χ1) is 9.43. The fraction of sp³-hybridized carbons (Fsp3) is 0.667. The van der Waals surface area contributed by atoms with Crippen molar-refractivity contribution in [2.45, 2.75) is 53.6 Å². The number of para-hydroxylation sites is 1. The molecule has 1 rings (SSSR count). The molecule has 1 aromatic rings. The molecule has 2 atom stereocenters. The van der Waals surface area contributed by atoms with Crippen LogP contribution < -0.4 is 4.74 Å². The van der Waals surface area contributed by atoms with Crippen LogP contribution in [0.15, 0.2) is 30.3 Å². The summed E-state index contributed by atoms with van der Waals surface area (Å²) in [5.41, 5.74) is 0. The van der Waals surface area contributed by atoms with E-state index in [-0.39, 0.29) is 0 Å². The highest BCUT2D eigenvalue weighted by Crippen LogP contribution is 2.18. The van der Waals surface area contributed by atoms with Crippen molar-refractivity contribution in [3.8, 4) is 5.75 Å². The van der Waals surface area contributed by atoms with E-state index in [1.54, 1.807) is 0 Å². The summed E-state index contributed by atoms with van der Waals surface area (Å²) >= 11 is 0. The zero-order valence-electron chi connectivity index (χ0n) is 14.0. The topological polar surface area (TPSA) is 12.5 Å². The minimum atomic E-state index is 0.576. The predicted octanol–water partition coefficient (Wildman–Crippen LogP) is 4.46. The van der Waals surface area contributed by atoms with Gasteiger partial charge in [0.25, 0.3) is 0 Å². The standard InChI is InChI=1S/C18H31NO/c1-14(2)16(5)19(17(6)15(3)4)12-13-20-18-10-8-7-9-11-18/h7-11,14-17H,12-13H2,1-6H3. The van der Waals surface area contributed by atoms with Gasteiger partial charge in [0.15, 0.2) is 0 Å². The van der Waals surface area contributed by atoms with Crippen molar-refractivity contribution in [2.24, 2.45) is 11.8 Å². The highest BCUT2D eigenvalue weighted by Gasteiger charge is 2.24. The molecule has 0 saturated heterocycles. The Kier molecular flexibility index (Phi) is 7.08. The molecule has 0 heterocycles. The largest absolute Gasteiger partial charge is 0.492 e. The van der Waals surface area contributed by atoms with E-state index in [0.717, 1.165) is 18.9 Å². The smallest absolute Gasteiger partial charge is 0.119 e. The summed E-state index contributed by atoms with van der Waals surface area (Å²) in [6.45, 7) is 15.6. The first-order valence-corrected chi connectivity index (χ1v) is 7.87. The molecular formula is C18H31NO. The SMILES string of the molecule is CC(C)C(C)N(CCOc1ccccc1)C(C)C(C)C. The molecule has 0 spiro atoms. The van der Waals surface area contributed by atoms with E-state index < -0.39 is 0 Å². The summed E-state index contributed by atoms with van der Waals surface area (Å²) in [6.07, 6.45) is 0. The van der Waals surface area contributed by atoms with Gasteiger partial charge >= 0.3 is 0 Å². The Morgan fingerprint density at radius 1 is 0.850 bits per heavy atom. The van der Waals surface area contributed by atoms with Crippen LogP contribution in [-0.4, -0.2) is 30.1 Å². The zero-order valence-corrected chi connectivity index (χ0v) is 14.0. The van der Waals surface area contributed by atoms with Gasteiger partial charge in [0.2, 0.25) is 0 Å². The van der Waals surface area contributed by atoms with Gasteiger partial charge in [-0.1, -0.05) is 45.9 Å². The van der Waals surface area contributed by atoms with Gasteiger partial charge in [-0.15, -0.1) is 0 Å². The minimum absolute atomic E-state index is 0.576. The summed E-state index contributed by atoms with van der Waals surface area (Å²) in [5.74, 6) is 2.28. The molecule has 1 aromatic carbocycles. The van der Waals surface area contributed by atoms with Crippen LogP contribution in [0.3, 0.4) is 0 Å². The molecule has 0 aromatic heterocycles. The lowest BCUT2D eigenvalue weighted by Crippen LogP contribution is -2.47. The Balaban J connectivity index is 2.56. The molecule has 0 radical (unpaired) electrons. The Labute approximate surface area is 125 Å². The Bertz CT molecular complexity index is 347. The summed E-state index contributed by atoms with van der Waals surface area (Å²) in [4.78, 5) is 2.58. The number of hydrogen-bond acceptors (Lipinski definition) is 2. The van der Waals surface area contributed by atoms with Crippen LogP contribution in [0, 0.1) is 11.8 Å². The minimum Gasteiger partial charge on any atom is -0.492 e. The second-order valence-corrected chi connectivity index (χ2v) is 6.37. The average Bonchev–Trinajstić information content (AvgIpc) is 2.43. The summed E-state index contributed by atoms with van der Waals surface area (Å²) in [5, 5.41) is 0. The highest BCUT2D eigenvalue weighted by molar-refractivity contribution is 5.20. The van der Waals surface area contributed by atoms with Crippen LogP contribution in [-0.2, 0) is 0 Å². The van der Waals surface area contributed by atoms with Crippen molar-refractivity contribution in [2.75, 3.05) is 13.2 Å². The van der Waals surface area contributed by atoms with Crippen LogP contribution in [0.2, 0.25) is 0 Å². The predicted molar refractivity (Wildman–Crippen MR) is 87.2 cm³/mol. The lowest BCUT2D eigenvalue weighted by Gasteiger charge is -2.38. The normalized spacial score (nSPS) is 14.8. The lowest BCUT2D eigenvalue weighted by molar-refractivity contribution is 0.0775. The Morgan fingerprint density at radius 2 is 1.35 bits per heavy atom. The molecule has 0 N–H and O–H groups in total. The Hall–Kier alpha value is -1.02. The average molecular weight is 277 g/mol. The molecule has 0 saturated carbocycles. The van der Waals surface area contributed by atoms with Gasteiger partial charge in [-0.2, -0.15) is 0 Å². The van der Waals surface area contributed by atoms with Gasteiger partial charge in [0, 0.05) is 18.6 Å². The molecule has 0 aliphatic carbocycles. The third-order valence-corrected chi connectivity index (χ3v) is 4.34. The zero-order chi connectivity index (χ0) is 15.1. The third-order valence-electron chi connectivity index (χ3n) is 4.34. The van der Waals surface area contributed by atoms with Gasteiger partial charge in [-0.25, -0.2) is 0 Å². The molecule has 0 aliphatic rings. The van der Waals surface area contributed by atoms with Crippen molar-refractivity contribution in [1.82, 2.24) is 4.90 Å². The van der Waals surface area contributed by atoms with Crippen molar-refractivity contribution in [3.63, 3.8) is 0 Å². The highest BCUT2D eigenvalue weighted by atomic mass is 16.5. The van der Waals surface area contributed by atoms with E-state index in [9.17, 15) is 0 Å². The summed E-state index contributed by atoms with van der Waals surface area (Å²) in [6, 6.07) is 11.2. The number of benzene rings is 1. The van der Waals surface area contributed by atoms with E-state index in [1.165, 1.54) is 0 Å². The number of nitrogens with zero attached hydrogens (tertiary/aromatic N) is 1. The molecule has 0 fully saturated rings. The molecule has 0 aliphatic heterocycles. The maximum absolute atomic E-state index is 5.85. The fourth-order valence-corrected chi connectivity index (χ4v) is 2.33. The van der Waals surface area contributed by atoms with E-state index in [0.29, 0.717) is 23.9 Å². The van der Waals surface area contributed by atoms with Gasteiger partial charge in [-0.05, 0) is 37.8 Å². The molecule has 2 nitrogen and oxygen atoms in total. The number of hydrogen-bond donors (Lipinski definition) is 0. The van der Waals surface area contributed by atoms with Gasteiger partial charge in [-0.3, -0.25) is 4.90 Å². The second-order valence-electron chi connectivity index (χ2n) is 6.37. The molecule has 2 unspecified atom stereocenters.